The maximum atomic E-state index is 12.1. The lowest BCUT2D eigenvalue weighted by molar-refractivity contribution is -0.133. The molecule has 1 fully saturated rings. The van der Waals surface area contributed by atoms with Crippen LogP contribution >= 0.6 is 23.4 Å². The van der Waals surface area contributed by atoms with Gasteiger partial charge in [-0.3, -0.25) is 9.59 Å². The number of amides is 2. The van der Waals surface area contributed by atoms with Crippen molar-refractivity contribution in [2.45, 2.75) is 12.5 Å². The van der Waals surface area contributed by atoms with Crippen molar-refractivity contribution in [3.8, 4) is 0 Å². The van der Waals surface area contributed by atoms with E-state index in [0.29, 0.717) is 17.1 Å². The van der Waals surface area contributed by atoms with Gasteiger partial charge in [0.1, 0.15) is 0 Å². The first-order chi connectivity index (χ1) is 10.5. The molecule has 1 saturated heterocycles. The van der Waals surface area contributed by atoms with Crippen molar-refractivity contribution in [2.24, 2.45) is 0 Å². The molecule has 2 amide bonds. The molecular formula is C15H20ClN3O2S. The van der Waals surface area contributed by atoms with E-state index < -0.39 is 0 Å². The van der Waals surface area contributed by atoms with Gasteiger partial charge in [0.15, 0.2) is 0 Å². The van der Waals surface area contributed by atoms with Crippen LogP contribution in [0.15, 0.2) is 24.3 Å². The maximum Gasteiger partial charge on any atom is 0.243 e. The van der Waals surface area contributed by atoms with E-state index in [1.54, 1.807) is 31.3 Å². The van der Waals surface area contributed by atoms with Crippen LogP contribution in [0.4, 0.5) is 5.69 Å². The Morgan fingerprint density at radius 1 is 1.50 bits per heavy atom. The van der Waals surface area contributed by atoms with Crippen molar-refractivity contribution in [3.05, 3.63) is 29.3 Å². The van der Waals surface area contributed by atoms with Crippen LogP contribution < -0.4 is 10.6 Å². The minimum atomic E-state index is -0.232. The molecule has 2 N–H and O–H groups in total. The highest BCUT2D eigenvalue weighted by molar-refractivity contribution is 7.99. The van der Waals surface area contributed by atoms with E-state index in [9.17, 15) is 9.59 Å². The Labute approximate surface area is 139 Å². The molecule has 5 nitrogen and oxygen atoms in total. The number of hydrogen-bond donors (Lipinski definition) is 2. The van der Waals surface area contributed by atoms with Crippen LogP contribution in [0.1, 0.15) is 6.42 Å². The average Bonchev–Trinajstić information content (AvgIpc) is 2.48. The molecule has 0 radical (unpaired) electrons. The summed E-state index contributed by atoms with van der Waals surface area (Å²) in [5, 5.41) is 6.61. The second kappa shape index (κ2) is 8.41. The fourth-order valence-corrected chi connectivity index (χ4v) is 3.33. The molecule has 0 aromatic heterocycles. The summed E-state index contributed by atoms with van der Waals surface area (Å²) >= 11 is 7.72. The molecule has 1 unspecified atom stereocenters. The standard InChI is InChI=1S/C15H20ClN3O2S/c1-19(15(21)8-13-10-22-6-5-17-13)9-14(20)18-12-4-2-3-11(16)7-12/h2-4,7,13,17H,5-6,8-10H2,1H3,(H,18,20). The zero-order valence-corrected chi connectivity index (χ0v) is 14.0. The average molecular weight is 342 g/mol. The summed E-state index contributed by atoms with van der Waals surface area (Å²) in [6.07, 6.45) is 0.425. The molecule has 1 heterocycles. The SMILES string of the molecule is CN(CC(=O)Nc1cccc(Cl)c1)C(=O)CC1CSCCN1. The highest BCUT2D eigenvalue weighted by atomic mass is 35.5. The molecule has 22 heavy (non-hydrogen) atoms. The molecule has 2 rings (SSSR count). The van der Waals surface area contributed by atoms with Crippen LogP contribution in [0.25, 0.3) is 0 Å². The van der Waals surface area contributed by atoms with Crippen molar-refractivity contribution in [3.63, 3.8) is 0 Å². The predicted molar refractivity (Wildman–Crippen MR) is 91.5 cm³/mol. The van der Waals surface area contributed by atoms with Gasteiger partial charge in [-0.1, -0.05) is 17.7 Å². The number of hydrogen-bond acceptors (Lipinski definition) is 4. The van der Waals surface area contributed by atoms with Crippen LogP contribution in [0.5, 0.6) is 0 Å². The molecule has 1 aliphatic rings. The number of halogens is 1. The van der Waals surface area contributed by atoms with Gasteiger partial charge in [0, 0.05) is 48.3 Å². The lowest BCUT2D eigenvalue weighted by Crippen LogP contribution is -2.43. The van der Waals surface area contributed by atoms with Crippen molar-refractivity contribution in [1.29, 1.82) is 0 Å². The quantitative estimate of drug-likeness (QED) is 0.857. The highest BCUT2D eigenvalue weighted by Gasteiger charge is 2.20. The Morgan fingerprint density at radius 3 is 3.00 bits per heavy atom. The summed E-state index contributed by atoms with van der Waals surface area (Å²) in [6, 6.07) is 7.13. The van der Waals surface area contributed by atoms with E-state index in [1.807, 2.05) is 11.8 Å². The van der Waals surface area contributed by atoms with Crippen LogP contribution in [0.3, 0.4) is 0 Å². The lowest BCUT2D eigenvalue weighted by Gasteiger charge is -2.25. The fraction of sp³-hybridized carbons (Fsp3) is 0.467. The van der Waals surface area contributed by atoms with Crippen LogP contribution in [0.2, 0.25) is 5.02 Å². The number of anilines is 1. The topological polar surface area (TPSA) is 61.4 Å². The van der Waals surface area contributed by atoms with Crippen molar-refractivity contribution >= 4 is 40.9 Å². The molecule has 120 valence electrons. The predicted octanol–water partition coefficient (Wildman–Crippen LogP) is 1.83. The number of benzene rings is 1. The Kier molecular flexibility index (Phi) is 6.54. The van der Waals surface area contributed by atoms with E-state index in [4.69, 9.17) is 11.6 Å². The number of nitrogens with one attached hydrogen (secondary N) is 2. The van der Waals surface area contributed by atoms with E-state index in [-0.39, 0.29) is 24.4 Å². The van der Waals surface area contributed by atoms with Gasteiger partial charge in [-0.15, -0.1) is 0 Å². The highest BCUT2D eigenvalue weighted by Crippen LogP contribution is 2.15. The van der Waals surface area contributed by atoms with E-state index in [1.165, 1.54) is 4.90 Å². The Hall–Kier alpha value is -1.24. The Balaban J connectivity index is 1.78. The van der Waals surface area contributed by atoms with Crippen molar-refractivity contribution in [2.75, 3.05) is 37.0 Å². The summed E-state index contributed by atoms with van der Waals surface area (Å²) in [7, 11) is 1.65. The molecule has 0 bridgehead atoms. The normalized spacial score (nSPS) is 17.8. The monoisotopic (exact) mass is 341 g/mol. The summed E-state index contributed by atoms with van der Waals surface area (Å²) in [4.78, 5) is 25.6. The lowest BCUT2D eigenvalue weighted by atomic mass is 10.2. The zero-order chi connectivity index (χ0) is 15.9. The van der Waals surface area contributed by atoms with Crippen LogP contribution in [-0.2, 0) is 9.59 Å². The third-order valence-corrected chi connectivity index (χ3v) is 4.70. The number of thioether (sulfide) groups is 1. The number of nitrogens with zero attached hydrogens (tertiary/aromatic N) is 1. The van der Waals surface area contributed by atoms with Gasteiger partial charge in [0.2, 0.25) is 11.8 Å². The molecule has 1 aliphatic heterocycles. The minimum absolute atomic E-state index is 0.0266. The number of carbonyl (C=O) groups is 2. The number of likely N-dealkylation sites (N-methyl/N-ethyl adjacent to an activating group) is 1. The first kappa shape index (κ1) is 17.1. The van der Waals surface area contributed by atoms with Gasteiger partial charge in [0.25, 0.3) is 0 Å². The van der Waals surface area contributed by atoms with Gasteiger partial charge in [0.05, 0.1) is 6.54 Å². The summed E-state index contributed by atoms with van der Waals surface area (Å²) in [6.45, 7) is 0.965. The number of rotatable bonds is 5. The molecule has 0 aliphatic carbocycles. The molecule has 7 heteroatoms. The third-order valence-electron chi connectivity index (χ3n) is 3.33. The van der Waals surface area contributed by atoms with Gasteiger partial charge in [-0.05, 0) is 18.2 Å². The smallest absolute Gasteiger partial charge is 0.243 e. The Morgan fingerprint density at radius 2 is 2.32 bits per heavy atom. The van der Waals surface area contributed by atoms with Crippen LogP contribution in [-0.4, -0.2) is 54.4 Å². The molecule has 1 aromatic carbocycles. The van der Waals surface area contributed by atoms with E-state index >= 15 is 0 Å². The maximum absolute atomic E-state index is 12.1. The van der Waals surface area contributed by atoms with Gasteiger partial charge in [-0.25, -0.2) is 0 Å². The second-order valence-corrected chi connectivity index (χ2v) is 6.82. The van der Waals surface area contributed by atoms with Gasteiger partial charge in [-0.2, -0.15) is 11.8 Å². The zero-order valence-electron chi connectivity index (χ0n) is 12.5. The third kappa shape index (κ3) is 5.51. The Bertz CT molecular complexity index is 535. The molecule has 0 spiro atoms. The molecule has 1 atom stereocenters. The summed E-state index contributed by atoms with van der Waals surface area (Å²) in [5.41, 5.74) is 0.628. The number of carbonyl (C=O) groups excluding carboxylic acids is 2. The van der Waals surface area contributed by atoms with Gasteiger partial charge >= 0.3 is 0 Å². The van der Waals surface area contributed by atoms with E-state index in [0.717, 1.165) is 18.1 Å². The van der Waals surface area contributed by atoms with Crippen molar-refractivity contribution < 1.29 is 9.59 Å². The second-order valence-electron chi connectivity index (χ2n) is 5.24. The van der Waals surface area contributed by atoms with Crippen molar-refractivity contribution in [1.82, 2.24) is 10.2 Å². The fourth-order valence-electron chi connectivity index (χ4n) is 2.19. The summed E-state index contributed by atoms with van der Waals surface area (Å²) < 4.78 is 0. The summed E-state index contributed by atoms with van der Waals surface area (Å²) in [5.74, 6) is 1.77. The van der Waals surface area contributed by atoms with Crippen LogP contribution in [0, 0.1) is 0 Å². The largest absolute Gasteiger partial charge is 0.336 e. The first-order valence-electron chi connectivity index (χ1n) is 7.15. The molecule has 0 saturated carbocycles. The van der Waals surface area contributed by atoms with Gasteiger partial charge < -0.3 is 15.5 Å². The first-order valence-corrected chi connectivity index (χ1v) is 8.68. The molecular weight excluding hydrogens is 322 g/mol. The van der Waals surface area contributed by atoms with E-state index in [2.05, 4.69) is 10.6 Å². The molecule has 1 aromatic rings. The minimum Gasteiger partial charge on any atom is -0.336 e.